The van der Waals surface area contributed by atoms with Crippen molar-refractivity contribution in [2.45, 2.75) is 39.2 Å². The fraction of sp³-hybridized carbons (Fsp3) is 0.467. The topological polar surface area (TPSA) is 52.6 Å². The van der Waals surface area contributed by atoms with Crippen molar-refractivity contribution in [3.8, 4) is 0 Å². The molecule has 0 fully saturated rings. The van der Waals surface area contributed by atoms with Gasteiger partial charge >= 0.3 is 11.9 Å². The van der Waals surface area contributed by atoms with Crippen LogP contribution < -0.4 is 0 Å². The van der Waals surface area contributed by atoms with Gasteiger partial charge in [-0.2, -0.15) is 0 Å². The number of unbranched alkanes of at least 4 members (excludes halogenated alkanes) is 1. The van der Waals surface area contributed by atoms with Crippen molar-refractivity contribution in [2.24, 2.45) is 0 Å². The van der Waals surface area contributed by atoms with E-state index in [1.165, 1.54) is 0 Å². The number of esters is 2. The first kappa shape index (κ1) is 18.5. The zero-order chi connectivity index (χ0) is 16.5. The van der Waals surface area contributed by atoms with Gasteiger partial charge < -0.3 is 9.47 Å². The summed E-state index contributed by atoms with van der Waals surface area (Å²) < 4.78 is 36.9. The molecule has 0 N–H and O–H groups in total. The van der Waals surface area contributed by atoms with Crippen molar-refractivity contribution in [1.82, 2.24) is 0 Å². The second-order valence-electron chi connectivity index (χ2n) is 4.58. The third kappa shape index (κ3) is 6.51. The largest absolute Gasteiger partial charge is 0.466 e. The van der Waals surface area contributed by atoms with Gasteiger partial charge in [-0.05, 0) is 18.6 Å². The van der Waals surface area contributed by atoms with E-state index in [1.54, 1.807) is 0 Å². The third-order valence-corrected chi connectivity index (χ3v) is 3.24. The molecule has 0 saturated heterocycles. The Bertz CT molecular complexity index is 511. The smallest absolute Gasteiger partial charge is 0.306 e. The molecule has 0 amide bonds. The highest BCUT2D eigenvalue weighted by Gasteiger charge is 2.14. The van der Waals surface area contributed by atoms with Crippen LogP contribution in [0.1, 0.15) is 38.2 Å². The van der Waals surface area contributed by atoms with Crippen molar-refractivity contribution in [1.29, 1.82) is 0 Å². The lowest BCUT2D eigenvalue weighted by Gasteiger charge is -2.08. The summed E-state index contributed by atoms with van der Waals surface area (Å²) in [6.07, 6.45) is 1.36. The molecular formula is C15H17BrF2O4. The quantitative estimate of drug-likeness (QED) is 0.508. The summed E-state index contributed by atoms with van der Waals surface area (Å²) in [6, 6.07) is 2.16. The molecule has 0 unspecified atom stereocenters. The predicted molar refractivity (Wildman–Crippen MR) is 79.0 cm³/mol. The Labute approximate surface area is 135 Å². The Kier molecular flexibility index (Phi) is 8.01. The minimum Gasteiger partial charge on any atom is -0.466 e. The van der Waals surface area contributed by atoms with Crippen LogP contribution in [-0.2, 0) is 25.7 Å². The Morgan fingerprint density at radius 1 is 1.09 bits per heavy atom. The molecule has 0 aromatic heterocycles. The van der Waals surface area contributed by atoms with Gasteiger partial charge in [-0.15, -0.1) is 0 Å². The van der Waals surface area contributed by atoms with Crippen LogP contribution in [0.5, 0.6) is 0 Å². The maximum atomic E-state index is 13.5. The predicted octanol–water partition coefficient (Wildman–Crippen LogP) is 3.89. The SMILES string of the molecule is CCCCOC(=O)CCC(=O)OCc1c(F)cc(Br)cc1F. The Hall–Kier alpha value is -1.50. The van der Waals surface area contributed by atoms with E-state index in [0.717, 1.165) is 25.0 Å². The average molecular weight is 379 g/mol. The van der Waals surface area contributed by atoms with E-state index >= 15 is 0 Å². The van der Waals surface area contributed by atoms with Gasteiger partial charge in [0.15, 0.2) is 0 Å². The number of hydrogen-bond donors (Lipinski definition) is 0. The van der Waals surface area contributed by atoms with Crippen LogP contribution in [0.15, 0.2) is 16.6 Å². The molecule has 0 spiro atoms. The molecule has 0 saturated carbocycles. The molecule has 1 aromatic carbocycles. The molecule has 7 heteroatoms. The van der Waals surface area contributed by atoms with Gasteiger partial charge in [0.05, 0.1) is 25.0 Å². The number of benzene rings is 1. The van der Waals surface area contributed by atoms with Crippen molar-refractivity contribution in [3.63, 3.8) is 0 Å². The van der Waals surface area contributed by atoms with E-state index in [4.69, 9.17) is 9.47 Å². The Balaban J connectivity index is 2.36. The fourth-order valence-corrected chi connectivity index (χ4v) is 1.94. The van der Waals surface area contributed by atoms with Crippen LogP contribution in [0.4, 0.5) is 8.78 Å². The molecule has 1 aromatic rings. The van der Waals surface area contributed by atoms with Gasteiger partial charge in [0.1, 0.15) is 18.2 Å². The average Bonchev–Trinajstić information content (AvgIpc) is 2.44. The molecule has 0 atom stereocenters. The molecular weight excluding hydrogens is 362 g/mol. The second-order valence-corrected chi connectivity index (χ2v) is 5.50. The van der Waals surface area contributed by atoms with Gasteiger partial charge in [-0.1, -0.05) is 29.3 Å². The summed E-state index contributed by atoms with van der Waals surface area (Å²) in [7, 11) is 0. The summed E-state index contributed by atoms with van der Waals surface area (Å²) in [5, 5.41) is 0. The maximum absolute atomic E-state index is 13.5. The molecule has 0 heterocycles. The number of carbonyl (C=O) groups excluding carboxylic acids is 2. The number of carbonyl (C=O) groups is 2. The Morgan fingerprint density at radius 3 is 2.18 bits per heavy atom. The number of hydrogen-bond acceptors (Lipinski definition) is 4. The fourth-order valence-electron chi connectivity index (χ4n) is 1.54. The van der Waals surface area contributed by atoms with Crippen molar-refractivity contribution >= 4 is 27.9 Å². The number of halogens is 3. The van der Waals surface area contributed by atoms with E-state index in [2.05, 4.69) is 15.9 Å². The van der Waals surface area contributed by atoms with Crippen LogP contribution in [0.2, 0.25) is 0 Å². The van der Waals surface area contributed by atoms with E-state index < -0.39 is 30.2 Å². The van der Waals surface area contributed by atoms with E-state index in [0.29, 0.717) is 6.61 Å². The molecule has 0 aliphatic rings. The van der Waals surface area contributed by atoms with E-state index in [1.807, 2.05) is 6.92 Å². The molecule has 22 heavy (non-hydrogen) atoms. The molecule has 0 radical (unpaired) electrons. The zero-order valence-corrected chi connectivity index (χ0v) is 13.8. The highest BCUT2D eigenvalue weighted by atomic mass is 79.9. The van der Waals surface area contributed by atoms with Crippen LogP contribution in [0.25, 0.3) is 0 Å². The highest BCUT2D eigenvalue weighted by Crippen LogP contribution is 2.20. The minimum absolute atomic E-state index is 0.117. The second kappa shape index (κ2) is 9.50. The van der Waals surface area contributed by atoms with Crippen LogP contribution >= 0.6 is 15.9 Å². The van der Waals surface area contributed by atoms with Crippen molar-refractivity contribution in [2.75, 3.05) is 6.61 Å². The molecule has 0 aliphatic carbocycles. The third-order valence-electron chi connectivity index (χ3n) is 2.78. The Morgan fingerprint density at radius 2 is 1.64 bits per heavy atom. The summed E-state index contributed by atoms with van der Waals surface area (Å²) in [4.78, 5) is 22.7. The summed E-state index contributed by atoms with van der Waals surface area (Å²) in [5.74, 6) is -2.82. The first-order chi connectivity index (χ1) is 10.4. The van der Waals surface area contributed by atoms with Crippen molar-refractivity contribution in [3.05, 3.63) is 33.8 Å². The first-order valence-electron chi connectivity index (χ1n) is 6.88. The van der Waals surface area contributed by atoms with Crippen LogP contribution in [0, 0.1) is 11.6 Å². The van der Waals surface area contributed by atoms with Gasteiger partial charge in [0, 0.05) is 4.47 Å². The van der Waals surface area contributed by atoms with Gasteiger partial charge in [0.25, 0.3) is 0 Å². The lowest BCUT2D eigenvalue weighted by Crippen LogP contribution is -2.11. The maximum Gasteiger partial charge on any atom is 0.306 e. The standard InChI is InChI=1S/C15H17BrF2O4/c1-2-3-6-21-14(19)4-5-15(20)22-9-11-12(17)7-10(16)8-13(11)18/h7-8H,2-6,9H2,1H3. The molecule has 4 nitrogen and oxygen atoms in total. The highest BCUT2D eigenvalue weighted by molar-refractivity contribution is 9.10. The van der Waals surface area contributed by atoms with Gasteiger partial charge in [0.2, 0.25) is 0 Å². The first-order valence-corrected chi connectivity index (χ1v) is 7.68. The van der Waals surface area contributed by atoms with E-state index in [-0.39, 0.29) is 22.9 Å². The van der Waals surface area contributed by atoms with Crippen LogP contribution in [-0.4, -0.2) is 18.5 Å². The molecule has 1 rings (SSSR count). The summed E-state index contributed by atoms with van der Waals surface area (Å²) in [6.45, 7) is 1.76. The summed E-state index contributed by atoms with van der Waals surface area (Å²) >= 11 is 2.95. The molecule has 122 valence electrons. The molecule has 0 bridgehead atoms. The summed E-state index contributed by atoms with van der Waals surface area (Å²) in [5.41, 5.74) is -0.331. The normalized spacial score (nSPS) is 10.4. The van der Waals surface area contributed by atoms with Crippen LogP contribution in [0.3, 0.4) is 0 Å². The van der Waals surface area contributed by atoms with E-state index in [9.17, 15) is 18.4 Å². The lowest BCUT2D eigenvalue weighted by molar-refractivity contribution is -0.151. The minimum atomic E-state index is -0.807. The monoisotopic (exact) mass is 378 g/mol. The lowest BCUT2D eigenvalue weighted by atomic mass is 10.2. The van der Waals surface area contributed by atoms with Gasteiger partial charge in [-0.25, -0.2) is 8.78 Å². The number of ether oxygens (including phenoxy) is 2. The number of rotatable bonds is 8. The van der Waals surface area contributed by atoms with Crippen molar-refractivity contribution < 1.29 is 27.8 Å². The zero-order valence-electron chi connectivity index (χ0n) is 12.2. The molecule has 0 aliphatic heterocycles. The van der Waals surface area contributed by atoms with Gasteiger partial charge in [-0.3, -0.25) is 9.59 Å².